The minimum Gasteiger partial charge on any atom is -0.497 e. The highest BCUT2D eigenvalue weighted by Crippen LogP contribution is 2.12. The van der Waals surface area contributed by atoms with E-state index in [2.05, 4.69) is 39.6 Å². The first-order chi connectivity index (χ1) is 9.78. The van der Waals surface area contributed by atoms with Gasteiger partial charge >= 0.3 is 0 Å². The third-order valence-corrected chi connectivity index (χ3v) is 3.25. The second-order valence-corrected chi connectivity index (χ2v) is 4.94. The standard InChI is InChI=1S/C15H22N4O/c1-12(10-13-5-7-14(20-2)8-6-13)16-9-3-4-15-17-11-18-19-15/h5-8,11-12,16H,3-4,9-10H2,1-2H3,(H,17,18,19). The largest absolute Gasteiger partial charge is 0.497 e. The second kappa shape index (κ2) is 7.65. The molecule has 108 valence electrons. The van der Waals surface area contributed by atoms with Crippen LogP contribution < -0.4 is 10.1 Å². The fourth-order valence-electron chi connectivity index (χ4n) is 2.14. The Morgan fingerprint density at radius 2 is 2.10 bits per heavy atom. The Hall–Kier alpha value is -1.88. The van der Waals surface area contributed by atoms with Crippen molar-refractivity contribution in [1.29, 1.82) is 0 Å². The van der Waals surface area contributed by atoms with Crippen LogP contribution in [0.5, 0.6) is 5.75 Å². The minimum absolute atomic E-state index is 0.457. The van der Waals surface area contributed by atoms with Gasteiger partial charge in [0.1, 0.15) is 17.9 Å². The van der Waals surface area contributed by atoms with E-state index in [4.69, 9.17) is 4.74 Å². The van der Waals surface area contributed by atoms with Crippen molar-refractivity contribution >= 4 is 0 Å². The maximum absolute atomic E-state index is 5.16. The van der Waals surface area contributed by atoms with Crippen LogP contribution in [0.15, 0.2) is 30.6 Å². The number of rotatable bonds is 8. The fraction of sp³-hybridized carbons (Fsp3) is 0.467. The number of hydrogen-bond donors (Lipinski definition) is 2. The highest BCUT2D eigenvalue weighted by Gasteiger charge is 2.03. The molecule has 0 spiro atoms. The van der Waals surface area contributed by atoms with Crippen molar-refractivity contribution in [2.75, 3.05) is 13.7 Å². The van der Waals surface area contributed by atoms with Crippen molar-refractivity contribution in [3.8, 4) is 5.75 Å². The molecule has 1 aromatic heterocycles. The second-order valence-electron chi connectivity index (χ2n) is 4.94. The molecule has 0 radical (unpaired) electrons. The van der Waals surface area contributed by atoms with Gasteiger partial charge in [0.05, 0.1) is 7.11 Å². The minimum atomic E-state index is 0.457. The van der Waals surface area contributed by atoms with E-state index in [1.807, 2.05) is 12.1 Å². The van der Waals surface area contributed by atoms with Gasteiger partial charge in [-0.15, -0.1) is 0 Å². The van der Waals surface area contributed by atoms with Gasteiger partial charge in [-0.25, -0.2) is 4.98 Å². The number of aromatic amines is 1. The van der Waals surface area contributed by atoms with Crippen molar-refractivity contribution < 1.29 is 4.74 Å². The molecule has 2 aromatic rings. The molecule has 0 saturated carbocycles. The van der Waals surface area contributed by atoms with Crippen LogP contribution >= 0.6 is 0 Å². The Kier molecular flexibility index (Phi) is 5.55. The molecule has 0 fully saturated rings. The van der Waals surface area contributed by atoms with Gasteiger partial charge in [0.2, 0.25) is 0 Å². The maximum Gasteiger partial charge on any atom is 0.137 e. The molecule has 0 amide bonds. The Morgan fingerprint density at radius 3 is 2.75 bits per heavy atom. The van der Waals surface area contributed by atoms with Crippen molar-refractivity contribution in [1.82, 2.24) is 20.5 Å². The summed E-state index contributed by atoms with van der Waals surface area (Å²) in [6.45, 7) is 3.19. The van der Waals surface area contributed by atoms with Crippen LogP contribution in [0.4, 0.5) is 0 Å². The van der Waals surface area contributed by atoms with Gasteiger partial charge in [-0.05, 0) is 44.0 Å². The predicted octanol–water partition coefficient (Wildman–Crippen LogP) is 1.97. The molecule has 1 aromatic carbocycles. The molecule has 1 atom stereocenters. The topological polar surface area (TPSA) is 62.8 Å². The Balaban J connectivity index is 1.65. The third-order valence-electron chi connectivity index (χ3n) is 3.25. The number of methoxy groups -OCH3 is 1. The van der Waals surface area contributed by atoms with Gasteiger partial charge in [-0.1, -0.05) is 12.1 Å². The van der Waals surface area contributed by atoms with E-state index in [0.717, 1.165) is 37.4 Å². The molecular formula is C15H22N4O. The highest BCUT2D eigenvalue weighted by molar-refractivity contribution is 5.27. The SMILES string of the molecule is COc1ccc(CC(C)NCCCc2ncn[nH]2)cc1. The first kappa shape index (κ1) is 14.5. The molecule has 0 aliphatic carbocycles. The van der Waals surface area contributed by atoms with Crippen LogP contribution in [0.25, 0.3) is 0 Å². The molecule has 20 heavy (non-hydrogen) atoms. The van der Waals surface area contributed by atoms with Gasteiger partial charge in [-0.2, -0.15) is 5.10 Å². The Morgan fingerprint density at radius 1 is 1.30 bits per heavy atom. The van der Waals surface area contributed by atoms with E-state index in [1.54, 1.807) is 13.4 Å². The molecule has 1 unspecified atom stereocenters. The number of nitrogens with zero attached hydrogens (tertiary/aromatic N) is 2. The molecule has 5 heteroatoms. The molecule has 0 saturated heterocycles. The van der Waals surface area contributed by atoms with Crippen molar-refractivity contribution in [3.63, 3.8) is 0 Å². The fourth-order valence-corrected chi connectivity index (χ4v) is 2.14. The summed E-state index contributed by atoms with van der Waals surface area (Å²) in [5.41, 5.74) is 1.32. The number of hydrogen-bond acceptors (Lipinski definition) is 4. The van der Waals surface area contributed by atoms with Crippen LogP contribution in [0.1, 0.15) is 24.7 Å². The lowest BCUT2D eigenvalue weighted by Crippen LogP contribution is -2.29. The van der Waals surface area contributed by atoms with E-state index < -0.39 is 0 Å². The normalized spacial score (nSPS) is 12.3. The lowest BCUT2D eigenvalue weighted by Gasteiger charge is -2.13. The average molecular weight is 274 g/mol. The zero-order chi connectivity index (χ0) is 14.2. The van der Waals surface area contributed by atoms with Gasteiger partial charge in [0.15, 0.2) is 0 Å². The first-order valence-electron chi connectivity index (χ1n) is 6.98. The van der Waals surface area contributed by atoms with Crippen molar-refractivity contribution in [2.45, 2.75) is 32.2 Å². The summed E-state index contributed by atoms with van der Waals surface area (Å²) < 4.78 is 5.16. The number of aromatic nitrogens is 3. The van der Waals surface area contributed by atoms with Crippen molar-refractivity contribution in [3.05, 3.63) is 42.0 Å². The van der Waals surface area contributed by atoms with Gasteiger partial charge in [0, 0.05) is 12.5 Å². The number of benzene rings is 1. The summed E-state index contributed by atoms with van der Waals surface area (Å²) in [7, 11) is 1.69. The summed E-state index contributed by atoms with van der Waals surface area (Å²) in [5, 5.41) is 10.2. The lowest BCUT2D eigenvalue weighted by molar-refractivity contribution is 0.414. The molecule has 0 aliphatic heterocycles. The zero-order valence-electron chi connectivity index (χ0n) is 12.1. The number of H-pyrrole nitrogens is 1. The summed E-state index contributed by atoms with van der Waals surface area (Å²) in [5.74, 6) is 1.86. The molecule has 0 aliphatic rings. The number of aryl methyl sites for hydroxylation is 1. The summed E-state index contributed by atoms with van der Waals surface area (Å²) in [4.78, 5) is 4.11. The number of nitrogens with one attached hydrogen (secondary N) is 2. The Labute approximate surface area is 119 Å². The van der Waals surface area contributed by atoms with E-state index in [0.29, 0.717) is 6.04 Å². The van der Waals surface area contributed by atoms with Crippen LogP contribution in [0, 0.1) is 0 Å². The summed E-state index contributed by atoms with van der Waals surface area (Å²) in [6, 6.07) is 8.70. The van der Waals surface area contributed by atoms with E-state index in [9.17, 15) is 0 Å². The van der Waals surface area contributed by atoms with Crippen LogP contribution in [0.2, 0.25) is 0 Å². The smallest absolute Gasteiger partial charge is 0.137 e. The van der Waals surface area contributed by atoms with Crippen molar-refractivity contribution in [2.24, 2.45) is 0 Å². The van der Waals surface area contributed by atoms with Gasteiger partial charge < -0.3 is 10.1 Å². The summed E-state index contributed by atoms with van der Waals surface area (Å²) >= 11 is 0. The average Bonchev–Trinajstić information content (AvgIpc) is 2.98. The molecule has 5 nitrogen and oxygen atoms in total. The van der Waals surface area contributed by atoms with Crippen LogP contribution in [-0.4, -0.2) is 34.9 Å². The van der Waals surface area contributed by atoms with E-state index in [1.165, 1.54) is 5.56 Å². The maximum atomic E-state index is 5.16. The summed E-state index contributed by atoms with van der Waals surface area (Å²) in [6.07, 6.45) is 4.56. The van der Waals surface area contributed by atoms with Crippen LogP contribution in [0.3, 0.4) is 0 Å². The van der Waals surface area contributed by atoms with Gasteiger partial charge in [-0.3, -0.25) is 5.10 Å². The molecule has 2 N–H and O–H groups in total. The van der Waals surface area contributed by atoms with Gasteiger partial charge in [0.25, 0.3) is 0 Å². The molecule has 1 heterocycles. The van der Waals surface area contributed by atoms with Crippen LogP contribution in [-0.2, 0) is 12.8 Å². The highest BCUT2D eigenvalue weighted by atomic mass is 16.5. The first-order valence-corrected chi connectivity index (χ1v) is 6.98. The molecule has 2 rings (SSSR count). The quantitative estimate of drug-likeness (QED) is 0.722. The monoisotopic (exact) mass is 274 g/mol. The van der Waals surface area contributed by atoms with E-state index >= 15 is 0 Å². The Bertz CT molecular complexity index is 481. The van der Waals surface area contributed by atoms with E-state index in [-0.39, 0.29) is 0 Å². The third kappa shape index (κ3) is 4.66. The predicted molar refractivity (Wildman–Crippen MR) is 78.9 cm³/mol. The molecule has 0 bridgehead atoms. The lowest BCUT2D eigenvalue weighted by atomic mass is 10.1. The number of ether oxygens (including phenoxy) is 1. The zero-order valence-corrected chi connectivity index (χ0v) is 12.1. The molecular weight excluding hydrogens is 252 g/mol.